The Labute approximate surface area is 124 Å². The lowest BCUT2D eigenvalue weighted by molar-refractivity contribution is 0.240. The Balaban J connectivity index is 2.23. The average molecular weight is 310 g/mol. The Morgan fingerprint density at radius 2 is 2.00 bits per heavy atom. The van der Waals surface area contributed by atoms with Crippen LogP contribution in [-0.2, 0) is 15.8 Å². The van der Waals surface area contributed by atoms with Crippen LogP contribution in [-0.4, -0.2) is 36.6 Å². The van der Waals surface area contributed by atoms with Crippen LogP contribution in [0.2, 0.25) is 0 Å². The number of sulfonamides is 1. The van der Waals surface area contributed by atoms with E-state index in [0.29, 0.717) is 12.1 Å². The number of hydrogen-bond donors (Lipinski definition) is 1. The molecule has 0 radical (unpaired) electrons. The molecule has 0 bridgehead atoms. The second kappa shape index (κ2) is 6.84. The van der Waals surface area contributed by atoms with Crippen LogP contribution in [0.5, 0.6) is 0 Å². The lowest BCUT2D eigenvalue weighted by atomic mass is 10.0. The van der Waals surface area contributed by atoms with Crippen molar-refractivity contribution < 1.29 is 18.0 Å². The molecule has 2 aromatic rings. The highest BCUT2D eigenvalue weighted by atomic mass is 32.2. The van der Waals surface area contributed by atoms with E-state index in [1.807, 2.05) is 30.3 Å². The molecule has 1 aromatic heterocycles. The highest BCUT2D eigenvalue weighted by molar-refractivity contribution is 7.88. The molecular weight excluding hydrogens is 292 g/mol. The summed E-state index contributed by atoms with van der Waals surface area (Å²) in [6.45, 7) is -0.0939. The second-order valence-corrected chi connectivity index (χ2v) is 6.73. The Kier molecular flexibility index (Phi) is 5.11. The van der Waals surface area contributed by atoms with Crippen molar-refractivity contribution >= 4 is 10.0 Å². The van der Waals surface area contributed by atoms with Crippen LogP contribution in [0.1, 0.15) is 23.7 Å². The van der Waals surface area contributed by atoms with Gasteiger partial charge < -0.3 is 9.63 Å². The molecule has 1 N–H and O–H groups in total. The van der Waals surface area contributed by atoms with Crippen molar-refractivity contribution in [2.24, 2.45) is 0 Å². The van der Waals surface area contributed by atoms with Gasteiger partial charge in [-0.15, -0.1) is 0 Å². The highest BCUT2D eigenvalue weighted by Crippen LogP contribution is 2.26. The van der Waals surface area contributed by atoms with E-state index in [1.54, 1.807) is 0 Å². The number of benzene rings is 1. The van der Waals surface area contributed by atoms with Crippen LogP contribution in [0.3, 0.4) is 0 Å². The van der Waals surface area contributed by atoms with E-state index in [1.165, 1.54) is 23.7 Å². The third-order valence-corrected chi connectivity index (χ3v) is 5.08. The predicted octanol–water partition coefficient (Wildman–Crippen LogP) is 1.56. The van der Waals surface area contributed by atoms with E-state index in [0.717, 1.165) is 5.56 Å². The SMILES string of the molecule is CN(C(CCO)c1ccccc1)S(=O)(=O)Cc1ccon1. The van der Waals surface area contributed by atoms with Gasteiger partial charge in [0.1, 0.15) is 12.0 Å². The number of rotatable bonds is 7. The van der Waals surface area contributed by atoms with Crippen LogP contribution in [0.15, 0.2) is 47.2 Å². The minimum atomic E-state index is -3.55. The van der Waals surface area contributed by atoms with Gasteiger partial charge >= 0.3 is 0 Å². The van der Waals surface area contributed by atoms with Crippen LogP contribution in [0.4, 0.5) is 0 Å². The van der Waals surface area contributed by atoms with Gasteiger partial charge in [0.15, 0.2) is 0 Å². The molecule has 0 saturated heterocycles. The molecule has 1 aromatic carbocycles. The van der Waals surface area contributed by atoms with Gasteiger partial charge in [0.25, 0.3) is 0 Å². The summed E-state index contributed by atoms with van der Waals surface area (Å²) in [6.07, 6.45) is 1.67. The molecule has 2 rings (SSSR count). The van der Waals surface area contributed by atoms with Gasteiger partial charge in [-0.05, 0) is 12.0 Å². The zero-order chi connectivity index (χ0) is 15.3. The van der Waals surface area contributed by atoms with Crippen molar-refractivity contribution in [3.63, 3.8) is 0 Å². The number of aromatic nitrogens is 1. The number of nitrogens with zero attached hydrogens (tertiary/aromatic N) is 2. The fourth-order valence-electron chi connectivity index (χ4n) is 2.15. The van der Waals surface area contributed by atoms with Crippen molar-refractivity contribution in [1.82, 2.24) is 9.46 Å². The van der Waals surface area contributed by atoms with Crippen molar-refractivity contribution in [2.75, 3.05) is 13.7 Å². The highest BCUT2D eigenvalue weighted by Gasteiger charge is 2.28. The fourth-order valence-corrected chi connectivity index (χ4v) is 3.49. The van der Waals surface area contributed by atoms with E-state index in [4.69, 9.17) is 0 Å². The van der Waals surface area contributed by atoms with Gasteiger partial charge in [0.2, 0.25) is 10.0 Å². The summed E-state index contributed by atoms with van der Waals surface area (Å²) >= 11 is 0. The van der Waals surface area contributed by atoms with Crippen LogP contribution in [0, 0.1) is 0 Å². The third kappa shape index (κ3) is 3.90. The summed E-state index contributed by atoms with van der Waals surface area (Å²) in [5, 5.41) is 12.9. The van der Waals surface area contributed by atoms with Gasteiger partial charge in [-0.25, -0.2) is 8.42 Å². The lowest BCUT2D eigenvalue weighted by Crippen LogP contribution is -2.33. The number of aliphatic hydroxyl groups excluding tert-OH is 1. The average Bonchev–Trinajstić information content (AvgIpc) is 2.97. The van der Waals surface area contributed by atoms with Gasteiger partial charge in [0.05, 0.1) is 11.7 Å². The first-order chi connectivity index (χ1) is 10.0. The minimum absolute atomic E-state index is 0.0939. The summed E-state index contributed by atoms with van der Waals surface area (Å²) in [7, 11) is -2.04. The predicted molar refractivity (Wildman–Crippen MR) is 77.8 cm³/mol. The van der Waals surface area contributed by atoms with E-state index in [2.05, 4.69) is 9.68 Å². The molecule has 0 amide bonds. The summed E-state index contributed by atoms with van der Waals surface area (Å²) in [5.74, 6) is -0.227. The molecule has 1 heterocycles. The summed E-state index contributed by atoms with van der Waals surface area (Å²) < 4.78 is 30.8. The Morgan fingerprint density at radius 3 is 2.57 bits per heavy atom. The molecule has 0 aliphatic heterocycles. The smallest absolute Gasteiger partial charge is 0.220 e. The van der Waals surface area contributed by atoms with E-state index >= 15 is 0 Å². The van der Waals surface area contributed by atoms with Crippen LogP contribution >= 0.6 is 0 Å². The summed E-state index contributed by atoms with van der Waals surface area (Å²) in [5.41, 5.74) is 1.20. The molecule has 1 unspecified atom stereocenters. The first kappa shape index (κ1) is 15.7. The second-order valence-electron chi connectivity index (χ2n) is 4.70. The summed E-state index contributed by atoms with van der Waals surface area (Å²) in [4.78, 5) is 0. The number of hydrogen-bond acceptors (Lipinski definition) is 5. The first-order valence-electron chi connectivity index (χ1n) is 6.55. The molecule has 21 heavy (non-hydrogen) atoms. The molecule has 0 saturated carbocycles. The molecule has 0 spiro atoms. The van der Waals surface area contributed by atoms with Gasteiger partial charge in [-0.2, -0.15) is 4.31 Å². The Morgan fingerprint density at radius 1 is 1.29 bits per heavy atom. The van der Waals surface area contributed by atoms with Crippen molar-refractivity contribution in [2.45, 2.75) is 18.2 Å². The summed E-state index contributed by atoms with van der Waals surface area (Å²) in [6, 6.07) is 10.4. The first-order valence-corrected chi connectivity index (χ1v) is 8.16. The molecular formula is C14H18N2O4S. The molecule has 7 heteroatoms. The van der Waals surface area contributed by atoms with E-state index in [9.17, 15) is 13.5 Å². The monoisotopic (exact) mass is 310 g/mol. The topological polar surface area (TPSA) is 83.6 Å². The third-order valence-electron chi connectivity index (χ3n) is 3.29. The molecule has 1 atom stereocenters. The van der Waals surface area contributed by atoms with Gasteiger partial charge in [0, 0.05) is 19.7 Å². The van der Waals surface area contributed by atoms with E-state index in [-0.39, 0.29) is 12.4 Å². The molecule has 114 valence electrons. The molecule has 6 nitrogen and oxygen atoms in total. The fraction of sp³-hybridized carbons (Fsp3) is 0.357. The largest absolute Gasteiger partial charge is 0.396 e. The zero-order valence-electron chi connectivity index (χ0n) is 11.7. The Hall–Kier alpha value is -1.70. The van der Waals surface area contributed by atoms with Gasteiger partial charge in [-0.3, -0.25) is 0 Å². The van der Waals surface area contributed by atoms with Crippen molar-refractivity contribution in [3.05, 3.63) is 53.9 Å². The maximum Gasteiger partial charge on any atom is 0.220 e. The lowest BCUT2D eigenvalue weighted by Gasteiger charge is -2.27. The minimum Gasteiger partial charge on any atom is -0.396 e. The standard InChI is InChI=1S/C14H18N2O4S/c1-16(21(18,19)11-13-8-10-20-15-13)14(7-9-17)12-5-3-2-4-6-12/h2-6,8,10,14,17H,7,9,11H2,1H3. The quantitative estimate of drug-likeness (QED) is 0.839. The normalized spacial score (nSPS) is 13.5. The van der Waals surface area contributed by atoms with Gasteiger partial charge in [-0.1, -0.05) is 35.5 Å². The van der Waals surface area contributed by atoms with Crippen molar-refractivity contribution in [1.29, 1.82) is 0 Å². The van der Waals surface area contributed by atoms with Crippen LogP contribution < -0.4 is 0 Å². The molecule has 0 aliphatic rings. The number of aliphatic hydroxyl groups is 1. The van der Waals surface area contributed by atoms with E-state index < -0.39 is 16.1 Å². The maximum absolute atomic E-state index is 12.5. The Bertz CT molecular complexity index is 641. The van der Waals surface area contributed by atoms with Crippen molar-refractivity contribution in [3.8, 4) is 0 Å². The maximum atomic E-state index is 12.5. The van der Waals surface area contributed by atoms with Crippen LogP contribution in [0.25, 0.3) is 0 Å². The molecule has 0 fully saturated rings. The zero-order valence-corrected chi connectivity index (χ0v) is 12.5. The molecule has 0 aliphatic carbocycles.